The summed E-state index contributed by atoms with van der Waals surface area (Å²) < 4.78 is 0. The second-order valence-electron chi connectivity index (χ2n) is 6.98. The van der Waals surface area contributed by atoms with Crippen molar-refractivity contribution in [3.8, 4) is 11.1 Å². The first-order valence-corrected chi connectivity index (χ1v) is 9.40. The molecular formula is C21H20ClN3O2. The van der Waals surface area contributed by atoms with Gasteiger partial charge in [-0.2, -0.15) is 0 Å². The van der Waals surface area contributed by atoms with Crippen LogP contribution in [-0.2, 0) is 4.79 Å². The number of carboxylic acids is 1. The molecule has 1 unspecified atom stereocenters. The van der Waals surface area contributed by atoms with Gasteiger partial charge in [-0.05, 0) is 54.7 Å². The van der Waals surface area contributed by atoms with Gasteiger partial charge in [0.25, 0.3) is 0 Å². The second kappa shape index (κ2) is 7.16. The van der Waals surface area contributed by atoms with Crippen LogP contribution in [0.1, 0.15) is 18.4 Å². The molecule has 0 bridgehead atoms. The van der Waals surface area contributed by atoms with Gasteiger partial charge in [-0.1, -0.05) is 29.8 Å². The van der Waals surface area contributed by atoms with E-state index < -0.39 is 5.97 Å². The van der Waals surface area contributed by atoms with Crippen LogP contribution in [0.2, 0.25) is 5.02 Å². The maximum atomic E-state index is 11.5. The number of aliphatic carboxylic acids is 1. The zero-order valence-electron chi connectivity index (χ0n) is 15.0. The summed E-state index contributed by atoms with van der Waals surface area (Å²) in [5.74, 6) is -0.311. The average Bonchev–Trinajstić information content (AvgIpc) is 2.69. The normalized spacial score (nSPS) is 17.3. The molecule has 2 heterocycles. The van der Waals surface area contributed by atoms with E-state index in [-0.39, 0.29) is 5.92 Å². The van der Waals surface area contributed by atoms with E-state index in [0.29, 0.717) is 13.0 Å². The number of hydrogen-bond acceptors (Lipinski definition) is 4. The molecule has 0 amide bonds. The number of benzene rings is 2. The molecule has 1 N–H and O–H groups in total. The van der Waals surface area contributed by atoms with Crippen molar-refractivity contribution in [2.75, 3.05) is 18.0 Å². The minimum absolute atomic E-state index is 0.367. The fourth-order valence-corrected chi connectivity index (χ4v) is 3.87. The molecule has 27 heavy (non-hydrogen) atoms. The molecule has 3 aromatic rings. The summed E-state index contributed by atoms with van der Waals surface area (Å²) in [7, 11) is 0. The number of rotatable bonds is 3. The molecule has 0 saturated carbocycles. The molecule has 5 nitrogen and oxygen atoms in total. The van der Waals surface area contributed by atoms with E-state index in [4.69, 9.17) is 11.6 Å². The van der Waals surface area contributed by atoms with Crippen molar-refractivity contribution < 1.29 is 9.90 Å². The van der Waals surface area contributed by atoms with Crippen LogP contribution in [0.15, 0.2) is 42.7 Å². The van der Waals surface area contributed by atoms with E-state index in [1.165, 1.54) is 0 Å². The van der Waals surface area contributed by atoms with Crippen LogP contribution in [0.25, 0.3) is 22.0 Å². The summed E-state index contributed by atoms with van der Waals surface area (Å²) in [6, 6.07) is 12.0. The lowest BCUT2D eigenvalue weighted by atomic mass is 9.96. The highest BCUT2D eigenvalue weighted by Gasteiger charge is 2.27. The number of nitrogens with zero attached hydrogens (tertiary/aromatic N) is 3. The maximum absolute atomic E-state index is 11.5. The molecular weight excluding hydrogens is 362 g/mol. The fourth-order valence-electron chi connectivity index (χ4n) is 3.76. The van der Waals surface area contributed by atoms with Gasteiger partial charge in [0, 0.05) is 18.1 Å². The Morgan fingerprint density at radius 1 is 1.26 bits per heavy atom. The summed E-state index contributed by atoms with van der Waals surface area (Å²) >= 11 is 6.20. The number of carboxylic acid groups (broad SMARTS) is 1. The van der Waals surface area contributed by atoms with Crippen LogP contribution in [0.3, 0.4) is 0 Å². The SMILES string of the molecule is Cc1cc(-c2cccc3ncnc(N4CCCC(C(=O)O)C4)c23)ccc1Cl. The van der Waals surface area contributed by atoms with Gasteiger partial charge >= 0.3 is 5.97 Å². The van der Waals surface area contributed by atoms with Crippen LogP contribution in [0.4, 0.5) is 5.82 Å². The Morgan fingerprint density at radius 3 is 2.89 bits per heavy atom. The summed E-state index contributed by atoms with van der Waals surface area (Å²) in [6.45, 7) is 3.25. The Labute approximate surface area is 162 Å². The standard InChI is InChI=1S/C21H20ClN3O2/c1-13-10-14(7-8-17(13)22)16-5-2-6-18-19(16)20(24-12-23-18)25-9-3-4-15(11-25)21(26)27/h2,5-8,10,12,15H,3-4,9,11H2,1H3,(H,26,27). The molecule has 4 rings (SSSR count). The fraction of sp³-hybridized carbons (Fsp3) is 0.286. The molecule has 6 heteroatoms. The molecule has 0 spiro atoms. The number of aromatic nitrogens is 2. The van der Waals surface area contributed by atoms with Crippen molar-refractivity contribution in [2.45, 2.75) is 19.8 Å². The molecule has 2 aromatic carbocycles. The van der Waals surface area contributed by atoms with Crippen LogP contribution >= 0.6 is 11.6 Å². The number of aryl methyl sites for hydroxylation is 1. The third kappa shape index (κ3) is 3.35. The predicted octanol–water partition coefficient (Wildman–Crippen LogP) is 4.56. The first-order valence-electron chi connectivity index (χ1n) is 9.02. The Balaban J connectivity index is 1.87. The van der Waals surface area contributed by atoms with E-state index in [1.807, 2.05) is 31.2 Å². The summed E-state index contributed by atoms with van der Waals surface area (Å²) in [4.78, 5) is 22.5. The first-order chi connectivity index (χ1) is 13.0. The summed E-state index contributed by atoms with van der Waals surface area (Å²) in [5.41, 5.74) is 3.93. The summed E-state index contributed by atoms with van der Waals surface area (Å²) in [6.07, 6.45) is 3.10. The Kier molecular flexibility index (Phi) is 4.70. The predicted molar refractivity (Wildman–Crippen MR) is 107 cm³/mol. The van der Waals surface area contributed by atoms with Crippen LogP contribution in [-0.4, -0.2) is 34.1 Å². The molecule has 0 radical (unpaired) electrons. The monoisotopic (exact) mass is 381 g/mol. The Morgan fingerprint density at radius 2 is 2.11 bits per heavy atom. The number of halogens is 1. The summed E-state index contributed by atoms with van der Waals surface area (Å²) in [5, 5.41) is 11.1. The molecule has 0 aliphatic carbocycles. The van der Waals surface area contributed by atoms with Crippen molar-refractivity contribution in [2.24, 2.45) is 5.92 Å². The quantitative estimate of drug-likeness (QED) is 0.720. The van der Waals surface area contributed by atoms with Crippen molar-refractivity contribution >= 4 is 34.3 Å². The maximum Gasteiger partial charge on any atom is 0.308 e. The van der Waals surface area contributed by atoms with Crippen LogP contribution < -0.4 is 4.90 Å². The largest absolute Gasteiger partial charge is 0.481 e. The van der Waals surface area contributed by atoms with Crippen molar-refractivity contribution in [3.63, 3.8) is 0 Å². The van der Waals surface area contributed by atoms with Crippen molar-refractivity contribution in [1.82, 2.24) is 9.97 Å². The molecule has 138 valence electrons. The minimum atomic E-state index is -0.744. The number of fused-ring (bicyclic) bond motifs is 1. The van der Waals surface area contributed by atoms with Crippen LogP contribution in [0, 0.1) is 12.8 Å². The molecule has 1 atom stereocenters. The van der Waals surface area contributed by atoms with E-state index in [2.05, 4.69) is 27.0 Å². The van der Waals surface area contributed by atoms with Crippen molar-refractivity contribution in [1.29, 1.82) is 0 Å². The highest BCUT2D eigenvalue weighted by atomic mass is 35.5. The van der Waals surface area contributed by atoms with Gasteiger partial charge in [0.15, 0.2) is 0 Å². The topological polar surface area (TPSA) is 66.3 Å². The second-order valence-corrected chi connectivity index (χ2v) is 7.39. The first kappa shape index (κ1) is 17.7. The lowest BCUT2D eigenvalue weighted by molar-refractivity contribution is -0.141. The van der Waals surface area contributed by atoms with E-state index >= 15 is 0 Å². The number of hydrogen-bond donors (Lipinski definition) is 1. The highest BCUT2D eigenvalue weighted by molar-refractivity contribution is 6.31. The van der Waals surface area contributed by atoms with Gasteiger partial charge in [-0.25, -0.2) is 9.97 Å². The van der Waals surface area contributed by atoms with Gasteiger partial charge in [-0.15, -0.1) is 0 Å². The van der Waals surface area contributed by atoms with Crippen LogP contribution in [0.5, 0.6) is 0 Å². The molecule has 1 aliphatic rings. The lowest BCUT2D eigenvalue weighted by Crippen LogP contribution is -2.39. The zero-order chi connectivity index (χ0) is 19.0. The number of anilines is 1. The van der Waals surface area contributed by atoms with Gasteiger partial charge in [0.2, 0.25) is 0 Å². The van der Waals surface area contributed by atoms with Gasteiger partial charge in [0.1, 0.15) is 12.1 Å². The zero-order valence-corrected chi connectivity index (χ0v) is 15.8. The Hall–Kier alpha value is -2.66. The lowest BCUT2D eigenvalue weighted by Gasteiger charge is -2.32. The third-order valence-corrected chi connectivity index (χ3v) is 5.61. The molecule has 1 aromatic heterocycles. The number of piperidine rings is 1. The van der Waals surface area contributed by atoms with Gasteiger partial charge in [0.05, 0.1) is 16.8 Å². The average molecular weight is 382 g/mol. The molecule has 1 aliphatic heterocycles. The molecule has 1 saturated heterocycles. The number of carbonyl (C=O) groups is 1. The minimum Gasteiger partial charge on any atom is -0.481 e. The Bertz CT molecular complexity index is 1020. The van der Waals surface area contributed by atoms with Gasteiger partial charge < -0.3 is 10.0 Å². The smallest absolute Gasteiger partial charge is 0.308 e. The van der Waals surface area contributed by atoms with Gasteiger partial charge in [-0.3, -0.25) is 4.79 Å². The van der Waals surface area contributed by atoms with E-state index in [0.717, 1.165) is 51.4 Å². The van der Waals surface area contributed by atoms with E-state index in [1.54, 1.807) is 6.33 Å². The van der Waals surface area contributed by atoms with E-state index in [9.17, 15) is 9.90 Å². The highest BCUT2D eigenvalue weighted by Crippen LogP contribution is 2.36. The van der Waals surface area contributed by atoms with Crippen molar-refractivity contribution in [3.05, 3.63) is 53.3 Å². The third-order valence-electron chi connectivity index (χ3n) is 5.18. The molecule has 1 fully saturated rings.